The molecule has 1 aliphatic rings. The van der Waals surface area contributed by atoms with Gasteiger partial charge in [0.15, 0.2) is 0 Å². The molecule has 2 unspecified atom stereocenters. The maximum atomic E-state index is 12.5. The summed E-state index contributed by atoms with van der Waals surface area (Å²) in [5, 5.41) is 9.51. The molecule has 1 aliphatic heterocycles. The first kappa shape index (κ1) is 13.5. The molecule has 21 heavy (non-hydrogen) atoms. The van der Waals surface area contributed by atoms with Crippen LogP contribution in [0.2, 0.25) is 0 Å². The molecule has 0 aliphatic carbocycles. The van der Waals surface area contributed by atoms with Gasteiger partial charge in [0.25, 0.3) is 0 Å². The number of carbonyl (C=O) groups excluding carboxylic acids is 1. The van der Waals surface area contributed by atoms with Crippen molar-refractivity contribution in [1.82, 2.24) is 30.5 Å². The van der Waals surface area contributed by atoms with E-state index in [4.69, 9.17) is 0 Å². The summed E-state index contributed by atoms with van der Waals surface area (Å²) >= 11 is 0. The van der Waals surface area contributed by atoms with Crippen LogP contribution >= 0.6 is 0 Å². The first-order valence-electron chi connectivity index (χ1n) is 6.95. The Bertz CT molecular complexity index is 586. The third-order valence-electron chi connectivity index (χ3n) is 3.57. The molecule has 8 nitrogen and oxygen atoms in total. The Hall–Kier alpha value is -2.51. The highest BCUT2D eigenvalue weighted by molar-refractivity contribution is 5.85. The van der Waals surface area contributed by atoms with E-state index in [1.807, 2.05) is 11.8 Å². The number of nitrogens with one attached hydrogen (secondary N) is 2. The van der Waals surface area contributed by atoms with Gasteiger partial charge in [0.2, 0.25) is 11.9 Å². The van der Waals surface area contributed by atoms with Crippen LogP contribution in [0.15, 0.2) is 24.8 Å². The Morgan fingerprint density at radius 3 is 2.95 bits per heavy atom. The molecule has 2 aromatic rings. The predicted molar refractivity (Wildman–Crippen MR) is 75.3 cm³/mol. The number of nitrogens with zero attached hydrogens (tertiary/aromatic N) is 5. The van der Waals surface area contributed by atoms with E-state index in [1.54, 1.807) is 18.5 Å². The highest BCUT2D eigenvalue weighted by Gasteiger charge is 2.33. The fourth-order valence-corrected chi connectivity index (χ4v) is 2.52. The van der Waals surface area contributed by atoms with Crippen LogP contribution in [0.5, 0.6) is 0 Å². The summed E-state index contributed by atoms with van der Waals surface area (Å²) in [4.78, 5) is 26.9. The fourth-order valence-electron chi connectivity index (χ4n) is 2.52. The molecule has 1 amide bonds. The highest BCUT2D eigenvalue weighted by Crippen LogP contribution is 2.22. The van der Waals surface area contributed by atoms with Crippen molar-refractivity contribution in [1.29, 1.82) is 0 Å². The summed E-state index contributed by atoms with van der Waals surface area (Å²) in [7, 11) is 0. The smallest absolute Gasteiger partial charge is 0.243 e. The van der Waals surface area contributed by atoms with Gasteiger partial charge < -0.3 is 10.2 Å². The second kappa shape index (κ2) is 5.86. The van der Waals surface area contributed by atoms with E-state index in [1.165, 1.54) is 6.33 Å². The number of hydrogen-bond donors (Lipinski definition) is 2. The summed E-state index contributed by atoms with van der Waals surface area (Å²) in [5.74, 6) is 1.20. The number of amides is 1. The minimum absolute atomic E-state index is 0.0381. The second-order valence-corrected chi connectivity index (χ2v) is 5.00. The molecule has 2 N–H and O–H groups in total. The minimum Gasteiger partial charge on any atom is -0.345 e. The summed E-state index contributed by atoms with van der Waals surface area (Å²) in [5.41, 5.74) is 0. The number of rotatable bonds is 4. The number of H-pyrrole nitrogens is 1. The van der Waals surface area contributed by atoms with Crippen molar-refractivity contribution in [2.45, 2.75) is 31.8 Å². The Morgan fingerprint density at radius 2 is 2.24 bits per heavy atom. The third-order valence-corrected chi connectivity index (χ3v) is 3.57. The van der Waals surface area contributed by atoms with Gasteiger partial charge in [0.1, 0.15) is 18.2 Å². The fraction of sp³-hybridized carbons (Fsp3) is 0.462. The van der Waals surface area contributed by atoms with Crippen LogP contribution in [0.25, 0.3) is 0 Å². The average molecular weight is 287 g/mol. The molecule has 0 radical (unpaired) electrons. The number of aromatic nitrogens is 5. The monoisotopic (exact) mass is 287 g/mol. The van der Waals surface area contributed by atoms with E-state index in [0.717, 1.165) is 19.4 Å². The zero-order valence-electron chi connectivity index (χ0n) is 11.7. The van der Waals surface area contributed by atoms with E-state index in [0.29, 0.717) is 11.8 Å². The Kier molecular flexibility index (Phi) is 3.76. The molecule has 3 heterocycles. The predicted octanol–water partition coefficient (Wildman–Crippen LogP) is 0.441. The second-order valence-electron chi connectivity index (χ2n) is 5.00. The SMILES string of the molecule is CC(NC(=O)C1CCCN1c1ncccn1)c1ncn[nH]1. The normalized spacial score (nSPS) is 19.5. The lowest BCUT2D eigenvalue weighted by Crippen LogP contribution is -2.44. The van der Waals surface area contributed by atoms with E-state index in [9.17, 15) is 4.79 Å². The van der Waals surface area contributed by atoms with E-state index in [2.05, 4.69) is 30.5 Å². The molecule has 0 saturated carbocycles. The molecule has 1 saturated heterocycles. The molecule has 2 atom stereocenters. The third kappa shape index (κ3) is 2.83. The van der Waals surface area contributed by atoms with Crippen molar-refractivity contribution in [3.63, 3.8) is 0 Å². The van der Waals surface area contributed by atoms with Crippen molar-refractivity contribution in [2.24, 2.45) is 0 Å². The van der Waals surface area contributed by atoms with Gasteiger partial charge in [-0.05, 0) is 25.8 Å². The van der Waals surface area contributed by atoms with E-state index >= 15 is 0 Å². The highest BCUT2D eigenvalue weighted by atomic mass is 16.2. The van der Waals surface area contributed by atoms with Gasteiger partial charge in [-0.15, -0.1) is 0 Å². The average Bonchev–Trinajstić information content (AvgIpc) is 3.19. The molecule has 0 bridgehead atoms. The van der Waals surface area contributed by atoms with Gasteiger partial charge in [-0.3, -0.25) is 9.89 Å². The number of hydrogen-bond acceptors (Lipinski definition) is 6. The first-order chi connectivity index (χ1) is 10.3. The molecule has 110 valence electrons. The van der Waals surface area contributed by atoms with Gasteiger partial charge in [0.05, 0.1) is 6.04 Å². The van der Waals surface area contributed by atoms with E-state index < -0.39 is 0 Å². The van der Waals surface area contributed by atoms with Crippen LogP contribution in [0.4, 0.5) is 5.95 Å². The lowest BCUT2D eigenvalue weighted by molar-refractivity contribution is -0.122. The molecule has 0 aromatic carbocycles. The van der Waals surface area contributed by atoms with Gasteiger partial charge in [0, 0.05) is 18.9 Å². The molecule has 0 spiro atoms. The van der Waals surface area contributed by atoms with Crippen molar-refractivity contribution < 1.29 is 4.79 Å². The standard InChI is InChI=1S/C13H17N7O/c1-9(11-16-8-17-19-11)18-12(21)10-4-2-7-20(10)13-14-5-3-6-15-13/h3,5-6,8-10H,2,4,7H2,1H3,(H,18,21)(H,16,17,19). The van der Waals surface area contributed by atoms with Crippen molar-refractivity contribution in [2.75, 3.05) is 11.4 Å². The molecule has 2 aromatic heterocycles. The lowest BCUT2D eigenvalue weighted by Gasteiger charge is -2.24. The minimum atomic E-state index is -0.238. The largest absolute Gasteiger partial charge is 0.345 e. The Balaban J connectivity index is 1.69. The van der Waals surface area contributed by atoms with Crippen molar-refractivity contribution in [3.05, 3.63) is 30.6 Å². The van der Waals surface area contributed by atoms with Crippen LogP contribution in [-0.4, -0.2) is 43.6 Å². The Morgan fingerprint density at radius 1 is 1.43 bits per heavy atom. The van der Waals surface area contributed by atoms with E-state index in [-0.39, 0.29) is 18.0 Å². The molecule has 1 fully saturated rings. The first-order valence-corrected chi connectivity index (χ1v) is 6.95. The molecular formula is C13H17N7O. The van der Waals surface area contributed by atoms with Crippen molar-refractivity contribution >= 4 is 11.9 Å². The quantitative estimate of drug-likeness (QED) is 0.846. The van der Waals surface area contributed by atoms with Crippen LogP contribution in [0.3, 0.4) is 0 Å². The topological polar surface area (TPSA) is 99.7 Å². The molecule has 3 rings (SSSR count). The van der Waals surface area contributed by atoms with Crippen LogP contribution in [-0.2, 0) is 4.79 Å². The Labute approximate surface area is 122 Å². The van der Waals surface area contributed by atoms with Crippen LogP contribution < -0.4 is 10.2 Å². The number of anilines is 1. The summed E-state index contributed by atoms with van der Waals surface area (Å²) in [6.07, 6.45) is 6.55. The summed E-state index contributed by atoms with van der Waals surface area (Å²) in [6.45, 7) is 2.66. The summed E-state index contributed by atoms with van der Waals surface area (Å²) in [6, 6.07) is 1.32. The van der Waals surface area contributed by atoms with Gasteiger partial charge >= 0.3 is 0 Å². The number of carbonyl (C=O) groups is 1. The van der Waals surface area contributed by atoms with Crippen LogP contribution in [0.1, 0.15) is 31.6 Å². The van der Waals surface area contributed by atoms with Crippen molar-refractivity contribution in [3.8, 4) is 0 Å². The maximum absolute atomic E-state index is 12.5. The zero-order chi connectivity index (χ0) is 14.7. The lowest BCUT2D eigenvalue weighted by atomic mass is 10.2. The molecular weight excluding hydrogens is 270 g/mol. The van der Waals surface area contributed by atoms with Crippen LogP contribution in [0, 0.1) is 0 Å². The van der Waals surface area contributed by atoms with Gasteiger partial charge in [-0.1, -0.05) is 0 Å². The zero-order valence-corrected chi connectivity index (χ0v) is 11.7. The van der Waals surface area contributed by atoms with Gasteiger partial charge in [-0.25, -0.2) is 15.0 Å². The van der Waals surface area contributed by atoms with Gasteiger partial charge in [-0.2, -0.15) is 5.10 Å². The molecule has 8 heteroatoms. The summed E-state index contributed by atoms with van der Waals surface area (Å²) < 4.78 is 0. The number of aromatic amines is 1. The maximum Gasteiger partial charge on any atom is 0.243 e.